The molecule has 3 rings (SSSR count). The first kappa shape index (κ1) is 17.0. The molecule has 2 nitrogen and oxygen atoms in total. The van der Waals surface area contributed by atoms with Crippen LogP contribution in [0.1, 0.15) is 47.9 Å². The molecule has 0 unspecified atom stereocenters. The molecule has 0 radical (unpaired) electrons. The molecule has 2 N–H and O–H groups in total. The lowest BCUT2D eigenvalue weighted by molar-refractivity contribution is 0.408. The Morgan fingerprint density at radius 1 is 0.958 bits per heavy atom. The van der Waals surface area contributed by atoms with Gasteiger partial charge >= 0.3 is 0 Å². The number of thiocarbonyl (C=S) groups is 1. The van der Waals surface area contributed by atoms with Crippen LogP contribution in [-0.2, 0) is 5.54 Å². The predicted molar refractivity (Wildman–Crippen MR) is 107 cm³/mol. The Morgan fingerprint density at radius 3 is 2.33 bits per heavy atom. The molecule has 0 atom stereocenters. The zero-order valence-electron chi connectivity index (χ0n) is 14.8. The highest BCUT2D eigenvalue weighted by molar-refractivity contribution is 7.80. The van der Waals surface area contributed by atoms with Gasteiger partial charge in [0.1, 0.15) is 0 Å². The molecule has 2 aromatic carbocycles. The quantitative estimate of drug-likeness (QED) is 0.736. The Hall–Kier alpha value is -1.87. The standard InChI is InChI=1S/C21H26N2S/c1-15-7-6-8-18(14-15)21(11-4-5-12-21)23-20(24)22-19-10-9-16(2)13-17(19)3/h6-10,13-14H,4-5,11-12H2,1-3H3,(H2,22,23,24). The van der Waals surface area contributed by atoms with E-state index in [1.54, 1.807) is 0 Å². The van der Waals surface area contributed by atoms with Gasteiger partial charge in [-0.05, 0) is 63.0 Å². The third-order valence-corrected chi connectivity index (χ3v) is 5.21. The average Bonchev–Trinajstić information content (AvgIpc) is 3.00. The summed E-state index contributed by atoms with van der Waals surface area (Å²) in [5.74, 6) is 0. The van der Waals surface area contributed by atoms with Crippen molar-refractivity contribution in [1.82, 2.24) is 5.32 Å². The Kier molecular flexibility index (Phi) is 4.91. The molecule has 1 saturated carbocycles. The van der Waals surface area contributed by atoms with Crippen molar-refractivity contribution < 1.29 is 0 Å². The number of hydrogen-bond acceptors (Lipinski definition) is 1. The van der Waals surface area contributed by atoms with Crippen LogP contribution in [0.3, 0.4) is 0 Å². The maximum atomic E-state index is 5.65. The predicted octanol–water partition coefficient (Wildman–Crippen LogP) is 5.37. The van der Waals surface area contributed by atoms with Gasteiger partial charge < -0.3 is 10.6 Å². The van der Waals surface area contributed by atoms with Gasteiger partial charge in [-0.2, -0.15) is 0 Å². The molecular weight excluding hydrogens is 312 g/mol. The zero-order chi connectivity index (χ0) is 17.2. The summed E-state index contributed by atoms with van der Waals surface area (Å²) >= 11 is 5.65. The van der Waals surface area contributed by atoms with E-state index in [4.69, 9.17) is 12.2 Å². The topological polar surface area (TPSA) is 24.1 Å². The van der Waals surface area contributed by atoms with E-state index in [0.29, 0.717) is 5.11 Å². The maximum absolute atomic E-state index is 5.65. The Bertz CT molecular complexity index is 745. The minimum absolute atomic E-state index is 0.0330. The van der Waals surface area contributed by atoms with Gasteiger partial charge in [-0.1, -0.05) is 60.4 Å². The first-order valence-corrected chi connectivity index (χ1v) is 9.13. The van der Waals surface area contributed by atoms with E-state index in [2.05, 4.69) is 73.9 Å². The molecule has 1 aliphatic rings. The van der Waals surface area contributed by atoms with Gasteiger partial charge in [-0.15, -0.1) is 0 Å². The largest absolute Gasteiger partial charge is 0.353 e. The number of anilines is 1. The normalized spacial score (nSPS) is 16.0. The molecule has 1 fully saturated rings. The summed E-state index contributed by atoms with van der Waals surface area (Å²) in [4.78, 5) is 0. The fraction of sp³-hybridized carbons (Fsp3) is 0.381. The summed E-state index contributed by atoms with van der Waals surface area (Å²) in [6, 6.07) is 15.2. The second-order valence-corrected chi connectivity index (χ2v) is 7.46. The summed E-state index contributed by atoms with van der Waals surface area (Å²) in [5.41, 5.74) is 6.18. The zero-order valence-corrected chi connectivity index (χ0v) is 15.6. The molecule has 0 aromatic heterocycles. The van der Waals surface area contributed by atoms with Gasteiger partial charge in [0.2, 0.25) is 0 Å². The van der Waals surface area contributed by atoms with Crippen LogP contribution in [0.15, 0.2) is 42.5 Å². The van der Waals surface area contributed by atoms with E-state index in [1.807, 2.05) is 0 Å². The first-order chi connectivity index (χ1) is 11.5. The van der Waals surface area contributed by atoms with Crippen LogP contribution < -0.4 is 10.6 Å². The number of benzene rings is 2. The van der Waals surface area contributed by atoms with Crippen molar-refractivity contribution in [2.75, 3.05) is 5.32 Å². The van der Waals surface area contributed by atoms with E-state index >= 15 is 0 Å². The molecule has 2 aromatic rings. The van der Waals surface area contributed by atoms with Gasteiger partial charge in [0.25, 0.3) is 0 Å². The van der Waals surface area contributed by atoms with Crippen molar-refractivity contribution in [3.63, 3.8) is 0 Å². The van der Waals surface area contributed by atoms with Crippen LogP contribution in [0.25, 0.3) is 0 Å². The second-order valence-electron chi connectivity index (χ2n) is 7.06. The lowest BCUT2D eigenvalue weighted by Gasteiger charge is -2.33. The van der Waals surface area contributed by atoms with Gasteiger partial charge in [-0.25, -0.2) is 0 Å². The first-order valence-electron chi connectivity index (χ1n) is 8.72. The van der Waals surface area contributed by atoms with Crippen LogP contribution in [-0.4, -0.2) is 5.11 Å². The van der Waals surface area contributed by atoms with Crippen LogP contribution in [0.4, 0.5) is 5.69 Å². The van der Waals surface area contributed by atoms with E-state index in [-0.39, 0.29) is 5.54 Å². The van der Waals surface area contributed by atoms with Gasteiger partial charge in [0.05, 0.1) is 5.54 Å². The van der Waals surface area contributed by atoms with Crippen molar-refractivity contribution in [1.29, 1.82) is 0 Å². The van der Waals surface area contributed by atoms with Crippen molar-refractivity contribution >= 4 is 23.0 Å². The summed E-state index contributed by atoms with van der Waals surface area (Å²) in [6.07, 6.45) is 4.75. The molecule has 126 valence electrons. The Morgan fingerprint density at radius 2 is 1.67 bits per heavy atom. The van der Waals surface area contributed by atoms with Crippen LogP contribution in [0.2, 0.25) is 0 Å². The molecule has 0 bridgehead atoms. The third kappa shape index (κ3) is 3.62. The third-order valence-electron chi connectivity index (χ3n) is 5.01. The highest BCUT2D eigenvalue weighted by Crippen LogP contribution is 2.39. The smallest absolute Gasteiger partial charge is 0.171 e. The molecule has 0 heterocycles. The Labute approximate surface area is 150 Å². The van der Waals surface area contributed by atoms with E-state index < -0.39 is 0 Å². The maximum Gasteiger partial charge on any atom is 0.171 e. The highest BCUT2D eigenvalue weighted by Gasteiger charge is 2.36. The minimum Gasteiger partial charge on any atom is -0.353 e. The molecule has 0 spiro atoms. The van der Waals surface area contributed by atoms with E-state index in [1.165, 1.54) is 35.1 Å². The van der Waals surface area contributed by atoms with Crippen molar-refractivity contribution in [2.45, 2.75) is 52.0 Å². The summed E-state index contributed by atoms with van der Waals surface area (Å²) in [7, 11) is 0. The summed E-state index contributed by atoms with van der Waals surface area (Å²) in [6.45, 7) is 6.38. The lowest BCUT2D eigenvalue weighted by atomic mass is 9.87. The molecule has 0 amide bonds. The number of nitrogens with one attached hydrogen (secondary N) is 2. The molecule has 24 heavy (non-hydrogen) atoms. The summed E-state index contributed by atoms with van der Waals surface area (Å²) < 4.78 is 0. The molecule has 0 saturated heterocycles. The van der Waals surface area contributed by atoms with Crippen molar-refractivity contribution in [2.24, 2.45) is 0 Å². The number of hydrogen-bond donors (Lipinski definition) is 2. The van der Waals surface area contributed by atoms with Gasteiger partial charge in [0.15, 0.2) is 5.11 Å². The average molecular weight is 339 g/mol. The molecule has 1 aliphatic carbocycles. The highest BCUT2D eigenvalue weighted by atomic mass is 32.1. The van der Waals surface area contributed by atoms with Crippen molar-refractivity contribution in [3.8, 4) is 0 Å². The van der Waals surface area contributed by atoms with Crippen LogP contribution in [0, 0.1) is 20.8 Å². The van der Waals surface area contributed by atoms with Gasteiger partial charge in [-0.3, -0.25) is 0 Å². The fourth-order valence-corrected chi connectivity index (χ4v) is 4.04. The lowest BCUT2D eigenvalue weighted by Crippen LogP contribution is -2.45. The molecule has 3 heteroatoms. The SMILES string of the molecule is Cc1cccc(C2(NC(=S)Nc3ccc(C)cc3C)CCCC2)c1. The molecule has 0 aliphatic heterocycles. The Balaban J connectivity index is 1.80. The van der Waals surface area contributed by atoms with Gasteiger partial charge in [0, 0.05) is 5.69 Å². The second kappa shape index (κ2) is 6.94. The summed E-state index contributed by atoms with van der Waals surface area (Å²) in [5, 5.41) is 7.75. The number of rotatable bonds is 3. The van der Waals surface area contributed by atoms with Crippen LogP contribution >= 0.6 is 12.2 Å². The molecular formula is C21H26N2S. The minimum atomic E-state index is -0.0330. The van der Waals surface area contributed by atoms with Crippen molar-refractivity contribution in [3.05, 3.63) is 64.7 Å². The van der Waals surface area contributed by atoms with E-state index in [9.17, 15) is 0 Å². The van der Waals surface area contributed by atoms with E-state index in [0.717, 1.165) is 18.5 Å². The van der Waals surface area contributed by atoms with Crippen LogP contribution in [0.5, 0.6) is 0 Å². The number of aryl methyl sites for hydroxylation is 3. The monoisotopic (exact) mass is 338 g/mol. The fourth-order valence-electron chi connectivity index (χ4n) is 3.73.